The van der Waals surface area contributed by atoms with E-state index in [0.717, 1.165) is 55.7 Å². The second-order valence-electron chi connectivity index (χ2n) is 9.86. The standard InChI is InChI=1S/C32H39N3O2/c1-25(2)27-15-6-9-18-30(27)37-24-11-10-23-35-29-17-8-7-16-28(29)34-31(35)19-12-22-33-32(36)21-20-26-13-4-3-5-14-26/h3-9,13-18,25H,10-12,19-24H2,1-2H3,(H,33,36). The third kappa shape index (κ3) is 7.69. The van der Waals surface area contributed by atoms with Gasteiger partial charge in [0.05, 0.1) is 17.6 Å². The Morgan fingerprint density at radius 1 is 0.892 bits per heavy atom. The van der Waals surface area contributed by atoms with Crippen LogP contribution in [0.1, 0.15) is 62.4 Å². The monoisotopic (exact) mass is 497 g/mol. The molecular formula is C32H39N3O2. The van der Waals surface area contributed by atoms with Gasteiger partial charge < -0.3 is 14.6 Å². The first kappa shape index (κ1) is 26.5. The van der Waals surface area contributed by atoms with Gasteiger partial charge in [-0.2, -0.15) is 0 Å². The van der Waals surface area contributed by atoms with E-state index in [1.165, 1.54) is 16.6 Å². The van der Waals surface area contributed by atoms with E-state index >= 15 is 0 Å². The summed E-state index contributed by atoms with van der Waals surface area (Å²) in [6.45, 7) is 6.68. The number of imidazole rings is 1. The molecule has 0 atom stereocenters. The predicted octanol–water partition coefficient (Wildman–Crippen LogP) is 6.70. The fourth-order valence-electron chi connectivity index (χ4n) is 4.67. The summed E-state index contributed by atoms with van der Waals surface area (Å²) in [6, 6.07) is 26.8. The van der Waals surface area contributed by atoms with Crippen LogP contribution >= 0.6 is 0 Å². The van der Waals surface area contributed by atoms with Gasteiger partial charge in [-0.3, -0.25) is 4.79 Å². The highest BCUT2D eigenvalue weighted by Crippen LogP contribution is 2.26. The molecule has 4 aromatic rings. The number of unbranched alkanes of at least 4 members (excludes halogenated alkanes) is 1. The molecule has 37 heavy (non-hydrogen) atoms. The van der Waals surface area contributed by atoms with Crippen molar-refractivity contribution in [3.05, 3.63) is 95.8 Å². The minimum Gasteiger partial charge on any atom is -0.493 e. The first-order valence-electron chi connectivity index (χ1n) is 13.6. The van der Waals surface area contributed by atoms with Gasteiger partial charge in [-0.15, -0.1) is 0 Å². The molecule has 0 radical (unpaired) electrons. The van der Waals surface area contributed by atoms with E-state index < -0.39 is 0 Å². The largest absolute Gasteiger partial charge is 0.493 e. The van der Waals surface area contributed by atoms with Crippen molar-refractivity contribution in [2.75, 3.05) is 13.2 Å². The summed E-state index contributed by atoms with van der Waals surface area (Å²) >= 11 is 0. The van der Waals surface area contributed by atoms with Crippen LogP contribution in [-0.2, 0) is 24.2 Å². The highest BCUT2D eigenvalue weighted by atomic mass is 16.5. The number of para-hydroxylation sites is 3. The van der Waals surface area contributed by atoms with E-state index in [9.17, 15) is 4.79 Å². The number of carbonyl (C=O) groups is 1. The number of amides is 1. The van der Waals surface area contributed by atoms with Gasteiger partial charge in [-0.1, -0.05) is 74.5 Å². The SMILES string of the molecule is CC(C)c1ccccc1OCCCCn1c(CCCNC(=O)CCc2ccccc2)nc2ccccc21. The lowest BCUT2D eigenvalue weighted by atomic mass is 10.0. The molecule has 0 fully saturated rings. The first-order valence-corrected chi connectivity index (χ1v) is 13.6. The van der Waals surface area contributed by atoms with Crippen LogP contribution in [0.2, 0.25) is 0 Å². The van der Waals surface area contributed by atoms with Gasteiger partial charge >= 0.3 is 0 Å². The number of hydrogen-bond acceptors (Lipinski definition) is 3. The lowest BCUT2D eigenvalue weighted by Gasteiger charge is -2.14. The Hall–Kier alpha value is -3.60. The van der Waals surface area contributed by atoms with Crippen molar-refractivity contribution in [3.63, 3.8) is 0 Å². The molecule has 0 saturated heterocycles. The Balaban J connectivity index is 1.24. The molecule has 1 N–H and O–H groups in total. The highest BCUT2D eigenvalue weighted by molar-refractivity contribution is 5.76. The number of ether oxygens (including phenoxy) is 1. The maximum atomic E-state index is 12.3. The van der Waals surface area contributed by atoms with Crippen LogP contribution in [0.5, 0.6) is 5.75 Å². The van der Waals surface area contributed by atoms with Gasteiger partial charge in [-0.25, -0.2) is 4.98 Å². The molecule has 4 rings (SSSR count). The van der Waals surface area contributed by atoms with Crippen LogP contribution in [0, 0.1) is 0 Å². The van der Waals surface area contributed by atoms with Crippen molar-refractivity contribution < 1.29 is 9.53 Å². The molecule has 3 aromatic carbocycles. The molecular weight excluding hydrogens is 458 g/mol. The Bertz CT molecular complexity index is 1260. The van der Waals surface area contributed by atoms with E-state index in [-0.39, 0.29) is 5.91 Å². The summed E-state index contributed by atoms with van der Waals surface area (Å²) in [5.41, 5.74) is 4.67. The minimum atomic E-state index is 0.108. The van der Waals surface area contributed by atoms with E-state index in [2.05, 4.69) is 72.3 Å². The van der Waals surface area contributed by atoms with Crippen LogP contribution in [-0.4, -0.2) is 28.6 Å². The van der Waals surface area contributed by atoms with Gasteiger partial charge in [0.1, 0.15) is 11.6 Å². The minimum absolute atomic E-state index is 0.108. The molecule has 194 valence electrons. The number of carbonyl (C=O) groups excluding carboxylic acids is 1. The second kappa shape index (κ2) is 13.6. The lowest BCUT2D eigenvalue weighted by molar-refractivity contribution is -0.121. The van der Waals surface area contributed by atoms with Gasteiger partial charge in [0.15, 0.2) is 0 Å². The average molecular weight is 498 g/mol. The molecule has 1 heterocycles. The first-order chi connectivity index (χ1) is 18.1. The summed E-state index contributed by atoms with van der Waals surface area (Å²) < 4.78 is 8.46. The summed E-state index contributed by atoms with van der Waals surface area (Å²) in [4.78, 5) is 17.2. The van der Waals surface area contributed by atoms with Gasteiger partial charge in [0, 0.05) is 25.9 Å². The van der Waals surface area contributed by atoms with Crippen LogP contribution in [0.3, 0.4) is 0 Å². The van der Waals surface area contributed by atoms with Crippen molar-refractivity contribution in [3.8, 4) is 5.75 Å². The van der Waals surface area contributed by atoms with Crippen molar-refractivity contribution in [1.29, 1.82) is 0 Å². The third-order valence-electron chi connectivity index (χ3n) is 6.69. The Labute approximate surface area is 220 Å². The quantitative estimate of drug-likeness (QED) is 0.197. The fraction of sp³-hybridized carbons (Fsp3) is 0.375. The molecule has 1 amide bonds. The number of nitrogens with zero attached hydrogens (tertiary/aromatic N) is 2. The van der Waals surface area contributed by atoms with Crippen molar-refractivity contribution >= 4 is 16.9 Å². The average Bonchev–Trinajstić information content (AvgIpc) is 3.27. The number of hydrogen-bond donors (Lipinski definition) is 1. The predicted molar refractivity (Wildman–Crippen MR) is 151 cm³/mol. The smallest absolute Gasteiger partial charge is 0.220 e. The molecule has 0 aliphatic carbocycles. The maximum absolute atomic E-state index is 12.3. The van der Waals surface area contributed by atoms with Crippen molar-refractivity contribution in [1.82, 2.24) is 14.9 Å². The van der Waals surface area contributed by atoms with Gasteiger partial charge in [0.2, 0.25) is 5.91 Å². The highest BCUT2D eigenvalue weighted by Gasteiger charge is 2.11. The number of benzene rings is 3. The summed E-state index contributed by atoms with van der Waals surface area (Å²) in [7, 11) is 0. The molecule has 1 aromatic heterocycles. The summed E-state index contributed by atoms with van der Waals surface area (Å²) in [6.07, 6.45) is 5.01. The Morgan fingerprint density at radius 3 is 2.49 bits per heavy atom. The Kier molecular flexibility index (Phi) is 9.75. The van der Waals surface area contributed by atoms with Gasteiger partial charge in [0.25, 0.3) is 0 Å². The molecule has 0 saturated carbocycles. The zero-order valence-corrected chi connectivity index (χ0v) is 22.2. The molecule has 0 aliphatic heterocycles. The van der Waals surface area contributed by atoms with E-state index in [1.54, 1.807) is 0 Å². The number of aromatic nitrogens is 2. The van der Waals surface area contributed by atoms with Crippen LogP contribution in [0.15, 0.2) is 78.9 Å². The second-order valence-corrected chi connectivity index (χ2v) is 9.86. The van der Waals surface area contributed by atoms with Crippen molar-refractivity contribution in [2.45, 2.75) is 64.8 Å². The third-order valence-corrected chi connectivity index (χ3v) is 6.69. The molecule has 5 nitrogen and oxygen atoms in total. The number of aryl methyl sites for hydroxylation is 3. The molecule has 0 aliphatic rings. The zero-order chi connectivity index (χ0) is 25.9. The molecule has 0 bridgehead atoms. The van der Waals surface area contributed by atoms with Gasteiger partial charge in [-0.05, 0) is 60.9 Å². The normalized spacial score (nSPS) is 11.2. The summed E-state index contributed by atoms with van der Waals surface area (Å²) in [5, 5.41) is 3.07. The Morgan fingerprint density at radius 2 is 1.65 bits per heavy atom. The van der Waals surface area contributed by atoms with Crippen LogP contribution in [0.4, 0.5) is 0 Å². The van der Waals surface area contributed by atoms with E-state index in [0.29, 0.717) is 25.5 Å². The van der Waals surface area contributed by atoms with E-state index in [1.807, 2.05) is 30.3 Å². The topological polar surface area (TPSA) is 56.1 Å². The van der Waals surface area contributed by atoms with E-state index in [4.69, 9.17) is 9.72 Å². The number of fused-ring (bicyclic) bond motifs is 1. The zero-order valence-electron chi connectivity index (χ0n) is 22.2. The maximum Gasteiger partial charge on any atom is 0.220 e. The molecule has 0 unspecified atom stereocenters. The van der Waals surface area contributed by atoms with Crippen LogP contribution in [0.25, 0.3) is 11.0 Å². The van der Waals surface area contributed by atoms with Crippen molar-refractivity contribution in [2.24, 2.45) is 0 Å². The number of rotatable bonds is 14. The van der Waals surface area contributed by atoms with Crippen LogP contribution < -0.4 is 10.1 Å². The summed E-state index contributed by atoms with van der Waals surface area (Å²) in [5.74, 6) is 2.64. The molecule has 5 heteroatoms. The molecule has 0 spiro atoms. The fourth-order valence-corrected chi connectivity index (χ4v) is 4.67. The lowest BCUT2D eigenvalue weighted by Crippen LogP contribution is -2.25. The number of nitrogens with one attached hydrogen (secondary N) is 1.